The molecule has 3 aromatic rings. The van der Waals surface area contributed by atoms with Crippen LogP contribution in [-0.2, 0) is 28.0 Å². The predicted octanol–water partition coefficient (Wildman–Crippen LogP) is 3.96. The Hall–Kier alpha value is -3.58. The monoisotopic (exact) mass is 447 g/mol. The molecule has 2 aromatic carbocycles. The summed E-state index contributed by atoms with van der Waals surface area (Å²) in [6, 6.07) is 16.3. The number of hydrogen-bond acceptors (Lipinski definition) is 5. The van der Waals surface area contributed by atoms with Gasteiger partial charge in [0, 0.05) is 31.4 Å². The maximum Gasteiger partial charge on any atom is 0.258 e. The minimum absolute atomic E-state index is 0.0459. The number of nitrogens with one attached hydrogen (secondary N) is 1. The van der Waals surface area contributed by atoms with E-state index in [1.165, 1.54) is 16.3 Å². The number of hydrogen-bond donors (Lipinski definition) is 1. The zero-order chi connectivity index (χ0) is 23.0. The summed E-state index contributed by atoms with van der Waals surface area (Å²) in [5.74, 6) is 0.434. The van der Waals surface area contributed by atoms with Gasteiger partial charge in [-0.15, -0.1) is 0 Å². The Balaban J connectivity index is 1.27. The smallest absolute Gasteiger partial charge is 0.258 e. The van der Waals surface area contributed by atoms with Crippen LogP contribution < -0.4 is 10.1 Å². The van der Waals surface area contributed by atoms with Crippen molar-refractivity contribution in [1.82, 2.24) is 9.88 Å². The van der Waals surface area contributed by atoms with Crippen molar-refractivity contribution in [2.24, 2.45) is 12.2 Å². The summed E-state index contributed by atoms with van der Waals surface area (Å²) < 4.78 is 12.8. The molecule has 1 aliphatic rings. The Morgan fingerprint density at radius 2 is 2.03 bits per heavy atom. The summed E-state index contributed by atoms with van der Waals surface area (Å²) in [4.78, 5) is 17.7. The Morgan fingerprint density at radius 3 is 2.85 bits per heavy atom. The first-order valence-electron chi connectivity index (χ1n) is 11.0. The van der Waals surface area contributed by atoms with Crippen molar-refractivity contribution in [1.29, 1.82) is 0 Å². The highest BCUT2D eigenvalue weighted by Crippen LogP contribution is 2.18. The normalized spacial score (nSPS) is 14.1. The molecule has 0 bridgehead atoms. The van der Waals surface area contributed by atoms with Gasteiger partial charge >= 0.3 is 0 Å². The number of carbonyl (C=O) groups is 1. The number of fused-ring (bicyclic) bond motifs is 1. The van der Waals surface area contributed by atoms with Gasteiger partial charge in [0.1, 0.15) is 6.61 Å². The second-order valence-electron chi connectivity index (χ2n) is 8.06. The van der Waals surface area contributed by atoms with Crippen molar-refractivity contribution in [2.45, 2.75) is 20.0 Å². The van der Waals surface area contributed by atoms with Crippen LogP contribution in [0.25, 0.3) is 10.8 Å². The van der Waals surface area contributed by atoms with E-state index in [2.05, 4.69) is 34.7 Å². The van der Waals surface area contributed by atoms with Gasteiger partial charge in [0.25, 0.3) is 5.91 Å². The quantitative estimate of drug-likeness (QED) is 0.306. The number of benzene rings is 2. The fourth-order valence-electron chi connectivity index (χ4n) is 3.60. The van der Waals surface area contributed by atoms with Crippen molar-refractivity contribution >= 4 is 22.4 Å². The number of rotatable bonds is 9. The molecular formula is C26H29N3O4. The lowest BCUT2D eigenvalue weighted by Gasteiger charge is -2.14. The minimum atomic E-state index is -0.158. The van der Waals surface area contributed by atoms with E-state index in [0.717, 1.165) is 23.3 Å². The first-order valence-corrected chi connectivity index (χ1v) is 11.0. The van der Waals surface area contributed by atoms with E-state index >= 15 is 0 Å². The molecule has 0 saturated carbocycles. The Kier molecular flexibility index (Phi) is 7.42. The first kappa shape index (κ1) is 22.6. The van der Waals surface area contributed by atoms with Gasteiger partial charge in [0.2, 0.25) is 0 Å². The number of carbonyl (C=O) groups excluding carboxylic acids is 1. The van der Waals surface area contributed by atoms with Crippen LogP contribution in [0.3, 0.4) is 0 Å². The second kappa shape index (κ2) is 10.8. The maximum absolute atomic E-state index is 12.1. The Morgan fingerprint density at radius 1 is 1.18 bits per heavy atom. The molecule has 0 saturated heterocycles. The Labute approximate surface area is 193 Å². The van der Waals surface area contributed by atoms with E-state index in [9.17, 15) is 4.79 Å². The molecule has 1 N–H and O–H groups in total. The largest absolute Gasteiger partial charge is 0.469 e. The lowest BCUT2D eigenvalue weighted by molar-refractivity contribution is -0.123. The molecule has 1 amide bonds. The van der Waals surface area contributed by atoms with Crippen LogP contribution in [0.2, 0.25) is 0 Å². The fraction of sp³-hybridized carbons (Fsp3) is 0.308. The summed E-state index contributed by atoms with van der Waals surface area (Å²) in [5, 5.41) is 9.52. The van der Waals surface area contributed by atoms with Gasteiger partial charge in [-0.1, -0.05) is 53.2 Å². The molecule has 172 valence electrons. The molecule has 0 aliphatic carbocycles. The van der Waals surface area contributed by atoms with E-state index < -0.39 is 0 Å². The zero-order valence-corrected chi connectivity index (χ0v) is 19.0. The van der Waals surface area contributed by atoms with E-state index in [-0.39, 0.29) is 12.5 Å². The molecule has 33 heavy (non-hydrogen) atoms. The third kappa shape index (κ3) is 6.23. The number of nitrogens with zero attached hydrogens (tertiary/aromatic N) is 2. The molecule has 1 aromatic heterocycles. The first-order chi connectivity index (χ1) is 16.1. The Bertz CT molecular complexity index is 1180. The number of oxime groups is 1. The molecule has 0 spiro atoms. The van der Waals surface area contributed by atoms with Gasteiger partial charge in [-0.3, -0.25) is 4.79 Å². The van der Waals surface area contributed by atoms with Gasteiger partial charge in [-0.2, -0.15) is 0 Å². The van der Waals surface area contributed by atoms with Crippen LogP contribution in [0.1, 0.15) is 24.5 Å². The van der Waals surface area contributed by atoms with Crippen LogP contribution in [0.5, 0.6) is 5.88 Å². The third-order valence-electron chi connectivity index (χ3n) is 5.54. The number of ether oxygens (including phenoxy) is 2. The van der Waals surface area contributed by atoms with Gasteiger partial charge in [0.05, 0.1) is 18.9 Å². The topological polar surface area (TPSA) is 74.1 Å². The molecule has 2 heterocycles. The van der Waals surface area contributed by atoms with Gasteiger partial charge in [-0.25, -0.2) is 0 Å². The highest BCUT2D eigenvalue weighted by Gasteiger charge is 2.11. The zero-order valence-electron chi connectivity index (χ0n) is 19.0. The average Bonchev–Trinajstić information content (AvgIpc) is 3.22. The fourth-order valence-corrected chi connectivity index (χ4v) is 3.60. The summed E-state index contributed by atoms with van der Waals surface area (Å²) in [6.07, 6.45) is 4.76. The average molecular weight is 448 g/mol. The molecule has 0 fully saturated rings. The summed E-state index contributed by atoms with van der Waals surface area (Å²) in [5.41, 5.74) is 3.85. The van der Waals surface area contributed by atoms with Gasteiger partial charge in [-0.05, 0) is 35.7 Å². The van der Waals surface area contributed by atoms with E-state index in [1.807, 2.05) is 55.1 Å². The van der Waals surface area contributed by atoms with Crippen LogP contribution in [0.4, 0.5) is 0 Å². The number of amides is 1. The summed E-state index contributed by atoms with van der Waals surface area (Å²) in [7, 11) is 1.87. The predicted molar refractivity (Wildman–Crippen MR) is 128 cm³/mol. The van der Waals surface area contributed by atoms with Crippen molar-refractivity contribution in [3.63, 3.8) is 0 Å². The van der Waals surface area contributed by atoms with Crippen molar-refractivity contribution < 1.29 is 19.1 Å². The van der Waals surface area contributed by atoms with Crippen molar-refractivity contribution in [2.75, 3.05) is 26.4 Å². The summed E-state index contributed by atoms with van der Waals surface area (Å²) >= 11 is 0. The van der Waals surface area contributed by atoms with E-state index in [0.29, 0.717) is 32.2 Å². The highest BCUT2D eigenvalue weighted by molar-refractivity contribution is 5.98. The molecule has 0 unspecified atom stereocenters. The number of aromatic nitrogens is 1. The van der Waals surface area contributed by atoms with Crippen molar-refractivity contribution in [3.05, 3.63) is 77.5 Å². The molecule has 4 rings (SSSR count). The van der Waals surface area contributed by atoms with E-state index in [1.54, 1.807) is 0 Å². The lowest BCUT2D eigenvalue weighted by Crippen LogP contribution is -2.31. The molecular weight excluding hydrogens is 418 g/mol. The van der Waals surface area contributed by atoms with Crippen LogP contribution in [0, 0.1) is 0 Å². The standard InChI is InChI=1S/C26H29N3O4/c1-19(28-33-17-21-7-8-22-5-3-4-6-23(22)13-21)24-14-26(29(2)16-24)32-18-25(30)27-15-20-9-11-31-12-10-20/h3-9,13-14,16H,10-12,15,17-18H2,1-2H3,(H,27,30)/b28-19-. The summed E-state index contributed by atoms with van der Waals surface area (Å²) in [6.45, 7) is 4.08. The minimum Gasteiger partial charge on any atom is -0.469 e. The maximum atomic E-state index is 12.1. The van der Waals surface area contributed by atoms with Crippen LogP contribution >= 0.6 is 0 Å². The molecule has 1 aliphatic heterocycles. The lowest BCUT2D eigenvalue weighted by atomic mass is 10.1. The third-order valence-corrected chi connectivity index (χ3v) is 5.54. The van der Waals surface area contributed by atoms with Crippen LogP contribution in [-0.4, -0.2) is 42.6 Å². The molecule has 7 nitrogen and oxygen atoms in total. The van der Waals surface area contributed by atoms with E-state index in [4.69, 9.17) is 14.3 Å². The molecule has 0 atom stereocenters. The molecule has 0 radical (unpaired) electrons. The molecule has 7 heteroatoms. The SMILES string of the molecule is C/C(=N/OCc1ccc2ccccc2c1)c1cc(OCC(=O)NCC2=CCOCC2)n(C)c1. The van der Waals surface area contributed by atoms with Gasteiger partial charge in [0.15, 0.2) is 12.5 Å². The van der Waals surface area contributed by atoms with Gasteiger partial charge < -0.3 is 24.2 Å². The van der Waals surface area contributed by atoms with Crippen molar-refractivity contribution in [3.8, 4) is 5.88 Å². The van der Waals surface area contributed by atoms with Crippen LogP contribution in [0.15, 0.2) is 71.5 Å². The number of aryl methyl sites for hydroxylation is 1. The second-order valence-corrected chi connectivity index (χ2v) is 8.06. The highest BCUT2D eigenvalue weighted by atomic mass is 16.6.